The molecule has 4 rings (SSSR count). The molecule has 1 saturated heterocycles. The highest BCUT2D eigenvalue weighted by Gasteiger charge is 2.31. The third kappa shape index (κ3) is 3.31. The van der Waals surface area contributed by atoms with E-state index in [1.165, 1.54) is 11.3 Å². The number of nitrogens with zero attached hydrogens (tertiary/aromatic N) is 4. The molecular weight excluding hydrogens is 324 g/mol. The van der Waals surface area contributed by atoms with E-state index in [9.17, 15) is 4.79 Å². The van der Waals surface area contributed by atoms with E-state index >= 15 is 0 Å². The lowest BCUT2D eigenvalue weighted by atomic mass is 10.0. The van der Waals surface area contributed by atoms with E-state index in [1.54, 1.807) is 0 Å². The van der Waals surface area contributed by atoms with Gasteiger partial charge in [0.05, 0.1) is 6.54 Å². The molecule has 0 bridgehead atoms. The summed E-state index contributed by atoms with van der Waals surface area (Å²) >= 11 is 0. The van der Waals surface area contributed by atoms with Crippen LogP contribution in [-0.4, -0.2) is 51.7 Å². The van der Waals surface area contributed by atoms with Crippen molar-refractivity contribution in [3.8, 4) is 0 Å². The Bertz CT molecular complexity index is 790. The number of carbonyl (C=O) groups is 1. The lowest BCUT2D eigenvalue weighted by Crippen LogP contribution is -2.33. The number of likely N-dealkylation sites (tertiary alicyclic amines) is 1. The molecule has 2 aliphatic rings. The average Bonchev–Trinajstić information content (AvgIpc) is 3.31. The number of fused-ring (bicyclic) bond motifs is 1. The van der Waals surface area contributed by atoms with Gasteiger partial charge in [0.15, 0.2) is 5.69 Å². The van der Waals surface area contributed by atoms with Crippen LogP contribution in [-0.2, 0) is 19.5 Å². The Balaban J connectivity index is 1.68. The Labute approximate surface area is 154 Å². The van der Waals surface area contributed by atoms with Crippen molar-refractivity contribution in [1.82, 2.24) is 19.6 Å². The number of benzene rings is 1. The summed E-state index contributed by atoms with van der Waals surface area (Å²) < 4.78 is 2.05. The summed E-state index contributed by atoms with van der Waals surface area (Å²) in [5.41, 5.74) is 4.21. The van der Waals surface area contributed by atoms with Crippen LogP contribution in [0.15, 0.2) is 43.0 Å². The molecule has 0 atom stereocenters. The van der Waals surface area contributed by atoms with E-state index in [-0.39, 0.29) is 5.91 Å². The Morgan fingerprint density at radius 3 is 2.65 bits per heavy atom. The summed E-state index contributed by atoms with van der Waals surface area (Å²) in [5, 5.41) is 4.80. The van der Waals surface area contributed by atoms with Gasteiger partial charge in [-0.3, -0.25) is 14.4 Å². The molecule has 1 amide bonds. The first kappa shape index (κ1) is 17.0. The molecule has 5 heteroatoms. The summed E-state index contributed by atoms with van der Waals surface area (Å²) in [7, 11) is 0. The van der Waals surface area contributed by atoms with Crippen LogP contribution in [0.25, 0.3) is 0 Å². The van der Waals surface area contributed by atoms with Crippen molar-refractivity contribution in [3.05, 3.63) is 65.5 Å². The Hall–Kier alpha value is -2.40. The van der Waals surface area contributed by atoms with Crippen molar-refractivity contribution in [2.45, 2.75) is 32.4 Å². The predicted octanol–water partition coefficient (Wildman–Crippen LogP) is 2.71. The van der Waals surface area contributed by atoms with Gasteiger partial charge in [-0.05, 0) is 18.4 Å². The van der Waals surface area contributed by atoms with Crippen LogP contribution in [0.2, 0.25) is 0 Å². The Kier molecular flexibility index (Phi) is 4.89. The molecule has 3 heterocycles. The monoisotopic (exact) mass is 350 g/mol. The van der Waals surface area contributed by atoms with Crippen molar-refractivity contribution < 1.29 is 4.79 Å². The summed E-state index contributed by atoms with van der Waals surface area (Å²) in [6, 6.07) is 10.4. The minimum Gasteiger partial charge on any atom is -0.337 e. The highest BCUT2D eigenvalue weighted by molar-refractivity contribution is 5.94. The van der Waals surface area contributed by atoms with E-state index in [0.717, 1.165) is 64.1 Å². The van der Waals surface area contributed by atoms with Gasteiger partial charge in [0, 0.05) is 50.4 Å². The summed E-state index contributed by atoms with van der Waals surface area (Å²) in [6.45, 7) is 8.90. The Morgan fingerprint density at radius 1 is 1.15 bits per heavy atom. The first-order chi connectivity index (χ1) is 12.8. The molecule has 136 valence electrons. The van der Waals surface area contributed by atoms with Crippen molar-refractivity contribution in [1.29, 1.82) is 0 Å². The third-order valence-electron chi connectivity index (χ3n) is 5.37. The largest absolute Gasteiger partial charge is 0.337 e. The third-order valence-corrected chi connectivity index (χ3v) is 5.37. The quantitative estimate of drug-likeness (QED) is 0.779. The highest BCUT2D eigenvalue weighted by Crippen LogP contribution is 2.25. The van der Waals surface area contributed by atoms with Crippen molar-refractivity contribution >= 4 is 5.91 Å². The maximum absolute atomic E-state index is 13.1. The van der Waals surface area contributed by atoms with Gasteiger partial charge < -0.3 is 4.90 Å². The van der Waals surface area contributed by atoms with E-state index in [1.807, 2.05) is 29.2 Å². The number of carbonyl (C=O) groups excluding carboxylic acids is 1. The SMILES string of the molecule is C=CCN1CCc2c(c(C(=O)N3CCCC3)nn2Cc2ccccc2)C1. The van der Waals surface area contributed by atoms with Crippen molar-refractivity contribution in [2.75, 3.05) is 26.2 Å². The normalized spacial score (nSPS) is 17.3. The first-order valence-electron chi connectivity index (χ1n) is 9.51. The van der Waals surface area contributed by atoms with Gasteiger partial charge in [0.1, 0.15) is 0 Å². The second-order valence-electron chi connectivity index (χ2n) is 7.19. The van der Waals surface area contributed by atoms with Crippen LogP contribution >= 0.6 is 0 Å². The molecule has 2 aliphatic heterocycles. The van der Waals surface area contributed by atoms with Gasteiger partial charge in [-0.25, -0.2) is 0 Å². The van der Waals surface area contributed by atoms with Gasteiger partial charge in [-0.15, -0.1) is 6.58 Å². The summed E-state index contributed by atoms with van der Waals surface area (Å²) in [5.74, 6) is 0.103. The van der Waals surface area contributed by atoms with Crippen LogP contribution < -0.4 is 0 Å². The topological polar surface area (TPSA) is 41.4 Å². The number of hydrogen-bond acceptors (Lipinski definition) is 3. The van der Waals surface area contributed by atoms with E-state index in [2.05, 4.69) is 28.3 Å². The van der Waals surface area contributed by atoms with Gasteiger partial charge >= 0.3 is 0 Å². The van der Waals surface area contributed by atoms with E-state index in [4.69, 9.17) is 5.10 Å². The summed E-state index contributed by atoms with van der Waals surface area (Å²) in [4.78, 5) is 17.4. The molecule has 1 aromatic carbocycles. The molecule has 0 spiro atoms. The standard InChI is InChI=1S/C21H26N4O/c1-2-11-23-14-10-19-18(16-23)20(21(26)24-12-6-7-13-24)22-25(19)15-17-8-4-3-5-9-17/h2-5,8-9H,1,6-7,10-16H2. The number of aromatic nitrogens is 2. The molecule has 0 aliphatic carbocycles. The fraction of sp³-hybridized carbons (Fsp3) is 0.429. The molecule has 0 saturated carbocycles. The molecule has 5 nitrogen and oxygen atoms in total. The van der Waals surface area contributed by atoms with Crippen LogP contribution in [0.1, 0.15) is 40.2 Å². The van der Waals surface area contributed by atoms with Gasteiger partial charge in [0.2, 0.25) is 0 Å². The smallest absolute Gasteiger partial charge is 0.274 e. The van der Waals surface area contributed by atoms with Crippen molar-refractivity contribution in [3.63, 3.8) is 0 Å². The molecule has 0 radical (unpaired) electrons. The molecule has 1 fully saturated rings. The minimum atomic E-state index is 0.103. The van der Waals surface area contributed by atoms with Crippen LogP contribution in [0.5, 0.6) is 0 Å². The molecule has 2 aromatic rings. The molecule has 0 N–H and O–H groups in total. The average molecular weight is 350 g/mol. The van der Waals surface area contributed by atoms with Gasteiger partial charge in [-0.1, -0.05) is 36.4 Å². The van der Waals surface area contributed by atoms with Crippen LogP contribution in [0.4, 0.5) is 0 Å². The fourth-order valence-electron chi connectivity index (χ4n) is 4.01. The predicted molar refractivity (Wildman–Crippen MR) is 102 cm³/mol. The number of hydrogen-bond donors (Lipinski definition) is 0. The number of amides is 1. The fourth-order valence-corrected chi connectivity index (χ4v) is 4.01. The minimum absolute atomic E-state index is 0.103. The maximum atomic E-state index is 13.1. The lowest BCUT2D eigenvalue weighted by Gasteiger charge is -2.26. The number of rotatable bonds is 5. The highest BCUT2D eigenvalue weighted by atomic mass is 16.2. The zero-order valence-electron chi connectivity index (χ0n) is 15.2. The second-order valence-corrected chi connectivity index (χ2v) is 7.19. The van der Waals surface area contributed by atoms with Crippen molar-refractivity contribution in [2.24, 2.45) is 0 Å². The van der Waals surface area contributed by atoms with E-state index < -0.39 is 0 Å². The molecule has 0 unspecified atom stereocenters. The second kappa shape index (κ2) is 7.46. The Morgan fingerprint density at radius 2 is 1.92 bits per heavy atom. The summed E-state index contributed by atoms with van der Waals surface area (Å²) in [6.07, 6.45) is 5.06. The van der Waals surface area contributed by atoms with Crippen LogP contribution in [0, 0.1) is 0 Å². The van der Waals surface area contributed by atoms with Gasteiger partial charge in [-0.2, -0.15) is 5.10 Å². The molecule has 26 heavy (non-hydrogen) atoms. The molecule has 1 aromatic heterocycles. The molecular formula is C21H26N4O. The maximum Gasteiger partial charge on any atom is 0.274 e. The first-order valence-corrected chi connectivity index (χ1v) is 9.51. The zero-order chi connectivity index (χ0) is 17.9. The lowest BCUT2D eigenvalue weighted by molar-refractivity contribution is 0.0784. The van der Waals surface area contributed by atoms with Gasteiger partial charge in [0.25, 0.3) is 5.91 Å². The van der Waals surface area contributed by atoms with Crippen LogP contribution in [0.3, 0.4) is 0 Å². The van der Waals surface area contributed by atoms with E-state index in [0.29, 0.717) is 5.69 Å². The zero-order valence-corrected chi connectivity index (χ0v) is 15.2.